The number of nitrogens with zero attached hydrogens (tertiary/aromatic N) is 3. The molecule has 4 rings (SSSR count). The molecule has 1 heterocycles. The van der Waals surface area contributed by atoms with E-state index in [4.69, 9.17) is 4.52 Å². The van der Waals surface area contributed by atoms with E-state index in [0.29, 0.717) is 17.3 Å². The number of hydrogen-bond acceptors (Lipinski definition) is 4. The Hall–Kier alpha value is -3.73. The number of hydrogen-bond donors (Lipinski definition) is 0. The van der Waals surface area contributed by atoms with Crippen LogP contribution in [0.2, 0.25) is 0 Å². The van der Waals surface area contributed by atoms with Gasteiger partial charge in [0.25, 0.3) is 5.91 Å². The summed E-state index contributed by atoms with van der Waals surface area (Å²) in [5.41, 5.74) is 4.86. The Morgan fingerprint density at radius 2 is 1.48 bits per heavy atom. The van der Waals surface area contributed by atoms with Gasteiger partial charge >= 0.3 is 0 Å². The Morgan fingerprint density at radius 1 is 0.862 bits per heavy atom. The largest absolute Gasteiger partial charge is 0.337 e. The van der Waals surface area contributed by atoms with Crippen molar-refractivity contribution in [1.29, 1.82) is 0 Å². The van der Waals surface area contributed by atoms with Gasteiger partial charge in [-0.2, -0.15) is 4.98 Å². The summed E-state index contributed by atoms with van der Waals surface area (Å²) in [6.45, 7) is 2.27. The normalized spacial score (nSPS) is 10.7. The summed E-state index contributed by atoms with van der Waals surface area (Å²) in [7, 11) is 1.73. The topological polar surface area (TPSA) is 59.2 Å². The highest BCUT2D eigenvalue weighted by molar-refractivity contribution is 5.94. The van der Waals surface area contributed by atoms with Crippen LogP contribution in [0.15, 0.2) is 83.4 Å². The van der Waals surface area contributed by atoms with Crippen LogP contribution in [-0.4, -0.2) is 28.0 Å². The van der Waals surface area contributed by atoms with Crippen molar-refractivity contribution < 1.29 is 9.32 Å². The third-order valence-electron chi connectivity index (χ3n) is 4.74. The predicted octanol–water partition coefficient (Wildman–Crippen LogP) is 4.98. The first-order valence-electron chi connectivity index (χ1n) is 9.41. The molecule has 1 amide bonds. The maximum atomic E-state index is 12.7. The molecule has 0 fully saturated rings. The number of carbonyl (C=O) groups excluding carboxylic acids is 1. The average molecular weight is 383 g/mol. The highest BCUT2D eigenvalue weighted by atomic mass is 16.5. The van der Waals surface area contributed by atoms with Crippen LogP contribution in [0.4, 0.5) is 0 Å². The average Bonchev–Trinajstić information content (AvgIpc) is 3.23. The van der Waals surface area contributed by atoms with Crippen molar-refractivity contribution in [3.05, 3.63) is 95.9 Å². The Kier molecular flexibility index (Phi) is 5.20. The molecule has 0 unspecified atom stereocenters. The maximum Gasteiger partial charge on any atom is 0.254 e. The molecule has 0 radical (unpaired) electrons. The number of carbonyl (C=O) groups is 1. The highest BCUT2D eigenvalue weighted by Gasteiger charge is 2.16. The van der Waals surface area contributed by atoms with E-state index in [1.807, 2.05) is 85.8 Å². The molecule has 0 saturated carbocycles. The fourth-order valence-electron chi connectivity index (χ4n) is 3.07. The molecule has 1 aromatic heterocycles. The number of amides is 1. The third kappa shape index (κ3) is 4.24. The molecule has 0 aliphatic rings. The van der Waals surface area contributed by atoms with Crippen LogP contribution >= 0.6 is 0 Å². The van der Waals surface area contributed by atoms with Crippen LogP contribution in [-0.2, 0) is 6.54 Å². The van der Waals surface area contributed by atoms with E-state index in [9.17, 15) is 4.79 Å². The van der Waals surface area contributed by atoms with Crippen LogP contribution < -0.4 is 0 Å². The van der Waals surface area contributed by atoms with E-state index < -0.39 is 0 Å². The van der Waals surface area contributed by atoms with Gasteiger partial charge in [-0.3, -0.25) is 4.79 Å². The van der Waals surface area contributed by atoms with Crippen LogP contribution in [0.25, 0.3) is 22.5 Å². The Morgan fingerprint density at radius 3 is 2.17 bits per heavy atom. The van der Waals surface area contributed by atoms with E-state index in [-0.39, 0.29) is 12.5 Å². The lowest BCUT2D eigenvalue weighted by atomic mass is 10.0. The van der Waals surface area contributed by atoms with E-state index in [1.54, 1.807) is 11.9 Å². The molecule has 4 aromatic rings. The van der Waals surface area contributed by atoms with Gasteiger partial charge in [0.1, 0.15) is 0 Å². The van der Waals surface area contributed by atoms with Crippen molar-refractivity contribution in [2.24, 2.45) is 0 Å². The molecular weight excluding hydrogens is 362 g/mol. The molecule has 5 nitrogen and oxygen atoms in total. The molecule has 29 heavy (non-hydrogen) atoms. The third-order valence-corrected chi connectivity index (χ3v) is 4.74. The van der Waals surface area contributed by atoms with E-state index in [2.05, 4.69) is 10.1 Å². The molecule has 144 valence electrons. The molecule has 0 saturated heterocycles. The smallest absolute Gasteiger partial charge is 0.254 e. The van der Waals surface area contributed by atoms with E-state index in [1.165, 1.54) is 5.56 Å². The predicted molar refractivity (Wildman–Crippen MR) is 112 cm³/mol. The summed E-state index contributed by atoms with van der Waals surface area (Å²) in [5, 5.41) is 4.02. The Labute approximate surface area is 169 Å². The van der Waals surface area contributed by atoms with E-state index >= 15 is 0 Å². The van der Waals surface area contributed by atoms with Gasteiger partial charge in [-0.25, -0.2) is 0 Å². The van der Waals surface area contributed by atoms with Gasteiger partial charge in [-0.05, 0) is 30.2 Å². The van der Waals surface area contributed by atoms with Crippen LogP contribution in [0.3, 0.4) is 0 Å². The number of aromatic nitrogens is 2. The van der Waals surface area contributed by atoms with Gasteiger partial charge < -0.3 is 9.42 Å². The van der Waals surface area contributed by atoms with E-state index in [0.717, 1.165) is 16.7 Å². The quantitative estimate of drug-likeness (QED) is 0.487. The number of rotatable bonds is 5. The molecular formula is C24H21N3O2. The fraction of sp³-hybridized carbons (Fsp3) is 0.125. The molecule has 5 heteroatoms. The second kappa shape index (κ2) is 8.10. The van der Waals surface area contributed by atoms with Gasteiger partial charge in [0.15, 0.2) is 0 Å². The highest BCUT2D eigenvalue weighted by Crippen LogP contribution is 2.20. The SMILES string of the molecule is Cc1ccc(-c2noc(CN(C)C(=O)c3ccc(-c4ccccc4)cc3)n2)cc1. The van der Waals surface area contributed by atoms with Gasteiger partial charge in [-0.1, -0.05) is 77.5 Å². The lowest BCUT2D eigenvalue weighted by Gasteiger charge is -2.15. The van der Waals surface area contributed by atoms with Crippen molar-refractivity contribution in [2.45, 2.75) is 13.5 Å². The first-order valence-corrected chi connectivity index (χ1v) is 9.41. The summed E-state index contributed by atoms with van der Waals surface area (Å²) in [5.74, 6) is 0.824. The van der Waals surface area contributed by atoms with Crippen LogP contribution in [0.5, 0.6) is 0 Å². The summed E-state index contributed by atoms with van der Waals surface area (Å²) in [6.07, 6.45) is 0. The molecule has 0 N–H and O–H groups in total. The number of aryl methyl sites for hydroxylation is 1. The minimum absolute atomic E-state index is 0.0975. The summed E-state index contributed by atoms with van der Waals surface area (Å²) >= 11 is 0. The van der Waals surface area contributed by atoms with Gasteiger partial charge in [0.2, 0.25) is 11.7 Å². The fourth-order valence-corrected chi connectivity index (χ4v) is 3.07. The van der Waals surface area contributed by atoms with Crippen molar-refractivity contribution in [1.82, 2.24) is 15.0 Å². The zero-order chi connectivity index (χ0) is 20.2. The molecule has 0 aliphatic heterocycles. The lowest BCUT2D eigenvalue weighted by molar-refractivity contribution is 0.0769. The Bertz CT molecular complexity index is 1100. The zero-order valence-corrected chi connectivity index (χ0v) is 16.4. The van der Waals surface area contributed by atoms with Crippen molar-refractivity contribution in [3.63, 3.8) is 0 Å². The molecule has 0 spiro atoms. The van der Waals surface area contributed by atoms with Gasteiger partial charge in [0, 0.05) is 18.2 Å². The minimum atomic E-state index is -0.0975. The standard InChI is InChI=1S/C24H21N3O2/c1-17-8-10-20(11-9-17)23-25-22(29-26-23)16-27(2)24(28)21-14-12-19(13-15-21)18-6-4-3-5-7-18/h3-15H,16H2,1-2H3. The summed E-state index contributed by atoms with van der Waals surface area (Å²) in [4.78, 5) is 18.7. The zero-order valence-electron chi connectivity index (χ0n) is 16.4. The van der Waals surface area contributed by atoms with Crippen LogP contribution in [0, 0.1) is 6.92 Å². The second-order valence-electron chi connectivity index (χ2n) is 6.98. The van der Waals surface area contributed by atoms with Crippen LogP contribution in [0.1, 0.15) is 21.8 Å². The summed E-state index contributed by atoms with van der Waals surface area (Å²) < 4.78 is 5.33. The van der Waals surface area contributed by atoms with Crippen molar-refractivity contribution in [3.8, 4) is 22.5 Å². The molecule has 0 aliphatic carbocycles. The van der Waals surface area contributed by atoms with Crippen molar-refractivity contribution >= 4 is 5.91 Å². The maximum absolute atomic E-state index is 12.7. The lowest BCUT2D eigenvalue weighted by Crippen LogP contribution is -2.26. The monoisotopic (exact) mass is 383 g/mol. The first-order chi connectivity index (χ1) is 14.1. The van der Waals surface area contributed by atoms with Crippen molar-refractivity contribution in [2.75, 3.05) is 7.05 Å². The second-order valence-corrected chi connectivity index (χ2v) is 6.98. The van der Waals surface area contributed by atoms with Gasteiger partial charge in [-0.15, -0.1) is 0 Å². The first kappa shape index (κ1) is 18.6. The Balaban J connectivity index is 1.44. The number of benzene rings is 3. The van der Waals surface area contributed by atoms with Gasteiger partial charge in [0.05, 0.1) is 6.54 Å². The molecule has 0 atom stereocenters. The molecule has 0 bridgehead atoms. The molecule has 3 aromatic carbocycles. The minimum Gasteiger partial charge on any atom is -0.337 e. The summed E-state index contributed by atoms with van der Waals surface area (Å²) in [6, 6.07) is 25.6.